The van der Waals surface area contributed by atoms with Gasteiger partial charge < -0.3 is 15.0 Å². The molecule has 0 aliphatic carbocycles. The second kappa shape index (κ2) is 10.5. The highest BCUT2D eigenvalue weighted by molar-refractivity contribution is 5.85. The molecule has 1 aliphatic rings. The zero-order chi connectivity index (χ0) is 24.1. The van der Waals surface area contributed by atoms with Crippen LogP contribution < -0.4 is 10.1 Å². The van der Waals surface area contributed by atoms with E-state index in [9.17, 15) is 19.8 Å². The predicted octanol–water partition coefficient (Wildman–Crippen LogP) is 3.96. The van der Waals surface area contributed by atoms with Crippen LogP contribution in [0.25, 0.3) is 10.9 Å². The van der Waals surface area contributed by atoms with E-state index in [0.717, 1.165) is 67.2 Å². The summed E-state index contributed by atoms with van der Waals surface area (Å²) < 4.78 is 18.9. The first-order chi connectivity index (χ1) is 16.5. The van der Waals surface area contributed by atoms with Crippen LogP contribution in [0.4, 0.5) is 10.1 Å². The lowest BCUT2D eigenvalue weighted by Gasteiger charge is -2.32. The molecule has 0 bridgehead atoms. The number of nitrogens with zero attached hydrogens (tertiary/aromatic N) is 4. The number of halogens is 1. The lowest BCUT2D eigenvalue weighted by Crippen LogP contribution is -2.42. The first-order valence-corrected chi connectivity index (χ1v) is 11.2. The minimum absolute atomic E-state index is 0.293. The molecule has 1 saturated heterocycles. The lowest BCUT2D eigenvalue weighted by molar-refractivity contribution is -0.387. The Morgan fingerprint density at radius 3 is 2.79 bits per heavy atom. The van der Waals surface area contributed by atoms with Crippen LogP contribution in [-0.2, 0) is 13.0 Å². The number of aromatic nitrogens is 1. The number of benzene rings is 2. The molecule has 3 aromatic rings. The fourth-order valence-corrected chi connectivity index (χ4v) is 4.42. The van der Waals surface area contributed by atoms with Crippen molar-refractivity contribution >= 4 is 16.6 Å². The molecule has 176 valence electrons. The summed E-state index contributed by atoms with van der Waals surface area (Å²) in [5.41, 5.74) is 2.63. The lowest BCUT2D eigenvalue weighted by atomic mass is 9.99. The second-order valence-electron chi connectivity index (χ2n) is 8.43. The molecular formula is C25H26FN5O3. The van der Waals surface area contributed by atoms with Gasteiger partial charge in [0.2, 0.25) is 5.82 Å². The fraction of sp³-hybridized carbons (Fsp3) is 0.360. The SMILES string of the molecule is COc1ccc2ncc(C#N)c(CCN3CCC(NCc4ccc(F)c([N+](=O)[O-])c4)CC3)c2c1. The fourth-order valence-electron chi connectivity index (χ4n) is 4.42. The van der Waals surface area contributed by atoms with E-state index in [1.807, 2.05) is 18.2 Å². The predicted molar refractivity (Wildman–Crippen MR) is 126 cm³/mol. The smallest absolute Gasteiger partial charge is 0.305 e. The normalized spacial score (nSPS) is 14.7. The maximum absolute atomic E-state index is 13.5. The maximum atomic E-state index is 13.5. The van der Waals surface area contributed by atoms with Crippen LogP contribution in [0.3, 0.4) is 0 Å². The molecule has 1 aliphatic heterocycles. The van der Waals surface area contributed by atoms with Gasteiger partial charge in [-0.3, -0.25) is 15.1 Å². The maximum Gasteiger partial charge on any atom is 0.305 e. The molecule has 4 rings (SSSR count). The number of fused-ring (bicyclic) bond motifs is 1. The van der Waals surface area contributed by atoms with Gasteiger partial charge in [0.25, 0.3) is 0 Å². The van der Waals surface area contributed by atoms with Gasteiger partial charge in [0, 0.05) is 36.8 Å². The number of nitro benzene ring substituents is 1. The van der Waals surface area contributed by atoms with E-state index in [1.165, 1.54) is 6.07 Å². The molecule has 1 aromatic heterocycles. The summed E-state index contributed by atoms with van der Waals surface area (Å²) in [5, 5.41) is 24.9. The molecule has 0 amide bonds. The third kappa shape index (κ3) is 5.30. The van der Waals surface area contributed by atoms with Crippen molar-refractivity contribution in [1.82, 2.24) is 15.2 Å². The Morgan fingerprint density at radius 1 is 1.29 bits per heavy atom. The molecule has 2 heterocycles. The highest BCUT2D eigenvalue weighted by atomic mass is 19.1. The number of methoxy groups -OCH3 is 1. The van der Waals surface area contributed by atoms with Crippen LogP contribution in [0.5, 0.6) is 5.75 Å². The molecule has 0 radical (unpaired) electrons. The van der Waals surface area contributed by atoms with Gasteiger partial charge in [0.1, 0.15) is 11.8 Å². The van der Waals surface area contributed by atoms with Crippen LogP contribution in [-0.4, -0.2) is 47.6 Å². The molecular weight excluding hydrogens is 437 g/mol. The number of hydrogen-bond acceptors (Lipinski definition) is 7. The summed E-state index contributed by atoms with van der Waals surface area (Å²) in [4.78, 5) is 17.0. The average molecular weight is 464 g/mol. The first kappa shape index (κ1) is 23.5. The summed E-state index contributed by atoms with van der Waals surface area (Å²) in [7, 11) is 1.62. The van der Waals surface area contributed by atoms with Gasteiger partial charge in [-0.2, -0.15) is 9.65 Å². The second-order valence-corrected chi connectivity index (χ2v) is 8.43. The molecule has 0 saturated carbocycles. The van der Waals surface area contributed by atoms with Crippen molar-refractivity contribution in [2.24, 2.45) is 0 Å². The minimum atomic E-state index is -0.818. The van der Waals surface area contributed by atoms with E-state index in [0.29, 0.717) is 23.7 Å². The number of nitro groups is 1. The highest BCUT2D eigenvalue weighted by Gasteiger charge is 2.20. The summed E-state index contributed by atoms with van der Waals surface area (Å²) in [6.07, 6.45) is 4.27. The number of nitriles is 1. The van der Waals surface area contributed by atoms with Gasteiger partial charge in [0.05, 0.1) is 23.1 Å². The largest absolute Gasteiger partial charge is 0.497 e. The molecule has 2 aromatic carbocycles. The van der Waals surface area contributed by atoms with Crippen LogP contribution in [0.2, 0.25) is 0 Å². The third-order valence-corrected chi connectivity index (χ3v) is 6.37. The Kier molecular flexibility index (Phi) is 7.30. The van der Waals surface area contributed by atoms with Crippen LogP contribution in [0.1, 0.15) is 29.5 Å². The summed E-state index contributed by atoms with van der Waals surface area (Å²) in [6, 6.07) is 12.3. The van der Waals surface area contributed by atoms with Crippen molar-refractivity contribution in [3.63, 3.8) is 0 Å². The minimum Gasteiger partial charge on any atom is -0.497 e. The Morgan fingerprint density at radius 2 is 2.09 bits per heavy atom. The number of hydrogen-bond donors (Lipinski definition) is 1. The molecule has 34 heavy (non-hydrogen) atoms. The molecule has 1 N–H and O–H groups in total. The molecule has 0 unspecified atom stereocenters. The summed E-state index contributed by atoms with van der Waals surface area (Å²) >= 11 is 0. The van der Waals surface area contributed by atoms with Crippen molar-refractivity contribution in [3.05, 3.63) is 75.2 Å². The molecule has 0 atom stereocenters. The molecule has 1 fully saturated rings. The number of rotatable bonds is 8. The van der Waals surface area contributed by atoms with E-state index >= 15 is 0 Å². The van der Waals surface area contributed by atoms with Gasteiger partial charge >= 0.3 is 5.69 Å². The van der Waals surface area contributed by atoms with Gasteiger partial charge in [-0.1, -0.05) is 6.07 Å². The molecule has 8 nitrogen and oxygen atoms in total. The topological polar surface area (TPSA) is 104 Å². The molecule has 9 heteroatoms. The van der Waals surface area contributed by atoms with Gasteiger partial charge in [0.15, 0.2) is 0 Å². The number of pyridine rings is 1. The van der Waals surface area contributed by atoms with Crippen molar-refractivity contribution in [2.45, 2.75) is 31.8 Å². The summed E-state index contributed by atoms with van der Waals surface area (Å²) in [5.74, 6) is -0.0777. The Labute approximate surface area is 197 Å². The van der Waals surface area contributed by atoms with E-state index < -0.39 is 16.4 Å². The third-order valence-electron chi connectivity index (χ3n) is 6.37. The van der Waals surface area contributed by atoms with Gasteiger partial charge in [-0.05, 0) is 67.7 Å². The van der Waals surface area contributed by atoms with Crippen LogP contribution in [0, 0.1) is 27.3 Å². The highest BCUT2D eigenvalue weighted by Crippen LogP contribution is 2.26. The van der Waals surface area contributed by atoms with Crippen molar-refractivity contribution in [3.8, 4) is 11.8 Å². The van der Waals surface area contributed by atoms with E-state index in [2.05, 4.69) is 21.3 Å². The van der Waals surface area contributed by atoms with Gasteiger partial charge in [-0.15, -0.1) is 0 Å². The van der Waals surface area contributed by atoms with Crippen LogP contribution in [0.15, 0.2) is 42.6 Å². The Hall–Kier alpha value is -3.61. The number of nitrogens with one attached hydrogen (secondary N) is 1. The monoisotopic (exact) mass is 463 g/mol. The van der Waals surface area contributed by atoms with Crippen molar-refractivity contribution in [2.75, 3.05) is 26.7 Å². The zero-order valence-electron chi connectivity index (χ0n) is 19.0. The van der Waals surface area contributed by atoms with Gasteiger partial charge in [-0.25, -0.2) is 0 Å². The number of ether oxygens (including phenoxy) is 1. The quantitative estimate of drug-likeness (QED) is 0.398. The van der Waals surface area contributed by atoms with Crippen molar-refractivity contribution < 1.29 is 14.1 Å². The average Bonchev–Trinajstić information content (AvgIpc) is 2.86. The summed E-state index contributed by atoms with van der Waals surface area (Å²) in [6.45, 7) is 3.12. The number of piperidine rings is 1. The van der Waals surface area contributed by atoms with E-state index in [4.69, 9.17) is 4.74 Å². The van der Waals surface area contributed by atoms with E-state index in [-0.39, 0.29) is 0 Å². The zero-order valence-corrected chi connectivity index (χ0v) is 19.0. The molecule has 0 spiro atoms. The van der Waals surface area contributed by atoms with Crippen LogP contribution >= 0.6 is 0 Å². The standard InChI is InChI=1S/C25H26FN5O3/c1-34-20-3-5-24-22(13-20)21(18(14-27)16-29-24)8-11-30-9-6-19(7-10-30)28-15-17-2-4-23(26)25(12-17)31(32)33/h2-5,12-13,16,19,28H,6-11,15H2,1H3. The Balaban J connectivity index is 1.33. The first-order valence-electron chi connectivity index (χ1n) is 11.2. The van der Waals surface area contributed by atoms with Crippen molar-refractivity contribution in [1.29, 1.82) is 5.26 Å². The Bertz CT molecular complexity index is 1240. The van der Waals surface area contributed by atoms with E-state index in [1.54, 1.807) is 19.4 Å². The number of likely N-dealkylation sites (tertiary alicyclic amines) is 1.